The van der Waals surface area contributed by atoms with Crippen LogP contribution in [0.4, 0.5) is 5.69 Å². The summed E-state index contributed by atoms with van der Waals surface area (Å²) in [6, 6.07) is 15.9. The highest BCUT2D eigenvalue weighted by atomic mass is 32.2. The molecule has 0 amide bonds. The largest absolute Gasteiger partial charge is 0.492 e. The Hall–Kier alpha value is -2.86. The number of aromatic nitrogens is 1. The number of anilines is 1. The lowest BCUT2D eigenvalue weighted by Gasteiger charge is -2.26. The zero-order valence-corrected chi connectivity index (χ0v) is 18.6. The Labute approximate surface area is 184 Å². The van der Waals surface area contributed by atoms with E-state index in [0.717, 1.165) is 66.4 Å². The van der Waals surface area contributed by atoms with Crippen molar-refractivity contribution in [3.05, 3.63) is 48.0 Å². The lowest BCUT2D eigenvalue weighted by molar-refractivity contribution is 0.0322. The third-order valence-electron chi connectivity index (χ3n) is 5.48. The maximum atomic E-state index is 11.4. The predicted octanol–water partition coefficient (Wildman–Crippen LogP) is 3.13. The summed E-state index contributed by atoms with van der Waals surface area (Å²) >= 11 is 0. The Morgan fingerprint density at radius 1 is 1.19 bits per heavy atom. The molecule has 2 aromatic carbocycles. The molecule has 8 heteroatoms. The molecule has 1 fully saturated rings. The van der Waals surface area contributed by atoms with E-state index >= 15 is 0 Å². The van der Waals surface area contributed by atoms with Crippen molar-refractivity contribution in [2.24, 2.45) is 7.05 Å². The van der Waals surface area contributed by atoms with Crippen LogP contribution in [0.15, 0.2) is 42.5 Å². The van der Waals surface area contributed by atoms with E-state index in [1.807, 2.05) is 54.1 Å². The minimum atomic E-state index is -1.13. The summed E-state index contributed by atoms with van der Waals surface area (Å²) in [6.45, 7) is 4.92. The number of ether oxygens (including phenoxy) is 2. The lowest BCUT2D eigenvalue weighted by atomic mass is 10.1. The van der Waals surface area contributed by atoms with Crippen LogP contribution in [0, 0.1) is 11.3 Å². The van der Waals surface area contributed by atoms with Crippen molar-refractivity contribution in [2.75, 3.05) is 50.4 Å². The SMILES string of the molecule is Cn1c(-c2ccc(NS(C)=O)cc2)c(C#N)c2ccc(OCCN3CCOCC3)cc21. The van der Waals surface area contributed by atoms with Crippen molar-refractivity contribution in [3.8, 4) is 23.1 Å². The number of morpholine rings is 1. The molecule has 31 heavy (non-hydrogen) atoms. The Morgan fingerprint density at radius 2 is 1.94 bits per heavy atom. The molecule has 7 nitrogen and oxygen atoms in total. The topological polar surface area (TPSA) is 79.5 Å². The van der Waals surface area contributed by atoms with Crippen molar-refractivity contribution in [1.29, 1.82) is 5.26 Å². The number of benzene rings is 2. The number of nitrogens with zero attached hydrogens (tertiary/aromatic N) is 3. The number of fused-ring (bicyclic) bond motifs is 1. The third-order valence-corrected chi connectivity index (χ3v) is 6.01. The molecule has 0 aliphatic carbocycles. The number of nitriles is 1. The highest BCUT2D eigenvalue weighted by Crippen LogP contribution is 2.34. The molecule has 0 bridgehead atoms. The number of hydrogen-bond donors (Lipinski definition) is 1. The summed E-state index contributed by atoms with van der Waals surface area (Å²) in [4.78, 5) is 2.34. The van der Waals surface area contributed by atoms with Gasteiger partial charge in [0.2, 0.25) is 0 Å². The summed E-state index contributed by atoms with van der Waals surface area (Å²) in [6.07, 6.45) is 1.59. The molecule has 1 aromatic heterocycles. The molecular formula is C23H26N4O3S. The average molecular weight is 439 g/mol. The average Bonchev–Trinajstić information content (AvgIpc) is 3.06. The minimum Gasteiger partial charge on any atom is -0.492 e. The van der Waals surface area contributed by atoms with E-state index < -0.39 is 11.0 Å². The minimum absolute atomic E-state index is 0.612. The van der Waals surface area contributed by atoms with E-state index in [4.69, 9.17) is 9.47 Å². The lowest BCUT2D eigenvalue weighted by Crippen LogP contribution is -2.38. The van der Waals surface area contributed by atoms with E-state index in [0.29, 0.717) is 12.2 Å². The molecule has 1 atom stereocenters. The molecule has 1 aliphatic heterocycles. The maximum Gasteiger partial charge on any atom is 0.121 e. The monoisotopic (exact) mass is 438 g/mol. The molecule has 4 rings (SSSR count). The van der Waals surface area contributed by atoms with Crippen LogP contribution in [0.3, 0.4) is 0 Å². The first-order valence-electron chi connectivity index (χ1n) is 10.2. The molecule has 2 heterocycles. The van der Waals surface area contributed by atoms with Gasteiger partial charge in [0, 0.05) is 50.1 Å². The first kappa shape index (κ1) is 21.4. The van der Waals surface area contributed by atoms with Gasteiger partial charge in [0.05, 0.1) is 30.0 Å². The van der Waals surface area contributed by atoms with Crippen molar-refractivity contribution in [1.82, 2.24) is 9.47 Å². The van der Waals surface area contributed by atoms with E-state index in [2.05, 4.69) is 15.7 Å². The van der Waals surface area contributed by atoms with E-state index in [1.54, 1.807) is 6.26 Å². The zero-order chi connectivity index (χ0) is 21.8. The van der Waals surface area contributed by atoms with Gasteiger partial charge in [0.15, 0.2) is 0 Å². The Kier molecular flexibility index (Phi) is 6.56. The normalized spacial score (nSPS) is 15.5. The van der Waals surface area contributed by atoms with Crippen LogP contribution in [-0.2, 0) is 22.8 Å². The van der Waals surface area contributed by atoms with Gasteiger partial charge < -0.3 is 18.8 Å². The third kappa shape index (κ3) is 4.74. The molecular weight excluding hydrogens is 412 g/mol. The molecule has 3 aromatic rings. The van der Waals surface area contributed by atoms with Gasteiger partial charge in [-0.1, -0.05) is 12.1 Å². The van der Waals surface area contributed by atoms with Crippen LogP contribution < -0.4 is 9.46 Å². The first-order valence-corrected chi connectivity index (χ1v) is 11.8. The van der Waals surface area contributed by atoms with E-state index in [9.17, 15) is 9.47 Å². The predicted molar refractivity (Wildman–Crippen MR) is 124 cm³/mol. The number of rotatable bonds is 7. The van der Waals surface area contributed by atoms with Gasteiger partial charge in [-0.2, -0.15) is 5.26 Å². The fourth-order valence-electron chi connectivity index (χ4n) is 3.94. The maximum absolute atomic E-state index is 11.4. The second kappa shape index (κ2) is 9.52. The number of nitrogens with one attached hydrogen (secondary N) is 1. The summed E-state index contributed by atoms with van der Waals surface area (Å²) in [5.41, 5.74) is 4.15. The molecule has 1 unspecified atom stereocenters. The summed E-state index contributed by atoms with van der Waals surface area (Å²) in [5, 5.41) is 10.8. The highest BCUT2D eigenvalue weighted by Gasteiger charge is 2.17. The van der Waals surface area contributed by atoms with E-state index in [1.165, 1.54) is 0 Å². The van der Waals surface area contributed by atoms with Crippen LogP contribution in [0.1, 0.15) is 5.56 Å². The van der Waals surface area contributed by atoms with Gasteiger partial charge in [-0.05, 0) is 29.8 Å². The fraction of sp³-hybridized carbons (Fsp3) is 0.348. The van der Waals surface area contributed by atoms with Gasteiger partial charge in [-0.15, -0.1) is 0 Å². The molecule has 0 spiro atoms. The van der Waals surface area contributed by atoms with Gasteiger partial charge in [0.1, 0.15) is 29.4 Å². The Bertz CT molecular complexity index is 1130. The van der Waals surface area contributed by atoms with E-state index in [-0.39, 0.29) is 0 Å². The van der Waals surface area contributed by atoms with Crippen molar-refractivity contribution >= 4 is 27.6 Å². The smallest absolute Gasteiger partial charge is 0.121 e. The van der Waals surface area contributed by atoms with Crippen LogP contribution in [0.25, 0.3) is 22.2 Å². The molecule has 1 aliphatic rings. The van der Waals surface area contributed by atoms with Crippen molar-refractivity contribution < 1.29 is 13.7 Å². The Balaban J connectivity index is 1.57. The van der Waals surface area contributed by atoms with Gasteiger partial charge in [-0.25, -0.2) is 4.21 Å². The van der Waals surface area contributed by atoms with Crippen LogP contribution in [-0.4, -0.2) is 59.4 Å². The Morgan fingerprint density at radius 3 is 2.61 bits per heavy atom. The number of aryl methyl sites for hydroxylation is 1. The first-order chi connectivity index (χ1) is 15.1. The van der Waals surface area contributed by atoms with Crippen molar-refractivity contribution in [2.45, 2.75) is 0 Å². The second-order valence-electron chi connectivity index (χ2n) is 7.51. The standard InChI is InChI=1S/C23H26N4O3S/c1-26-22-15-19(30-14-11-27-9-12-29-13-10-27)7-8-20(22)21(16-24)23(26)17-3-5-18(6-4-17)25-31(2)28/h3-8,15,25H,9-14H2,1-2H3. The second-order valence-corrected chi connectivity index (χ2v) is 8.62. The molecule has 1 saturated heterocycles. The molecule has 0 saturated carbocycles. The van der Waals surface area contributed by atoms with Gasteiger partial charge in [-0.3, -0.25) is 4.90 Å². The van der Waals surface area contributed by atoms with Crippen molar-refractivity contribution in [3.63, 3.8) is 0 Å². The summed E-state index contributed by atoms with van der Waals surface area (Å²) < 4.78 is 27.7. The van der Waals surface area contributed by atoms with Crippen LogP contribution >= 0.6 is 0 Å². The summed E-state index contributed by atoms with van der Waals surface area (Å²) in [5.74, 6) is 0.794. The molecule has 162 valence electrons. The van der Waals surface area contributed by atoms with Gasteiger partial charge >= 0.3 is 0 Å². The zero-order valence-electron chi connectivity index (χ0n) is 17.8. The fourth-order valence-corrected chi connectivity index (χ4v) is 4.40. The molecule has 0 radical (unpaired) electrons. The quantitative estimate of drug-likeness (QED) is 0.613. The molecule has 1 N–H and O–H groups in total. The number of hydrogen-bond acceptors (Lipinski definition) is 5. The highest BCUT2D eigenvalue weighted by molar-refractivity contribution is 7.85. The van der Waals surface area contributed by atoms with Gasteiger partial charge in [0.25, 0.3) is 0 Å². The summed E-state index contributed by atoms with van der Waals surface area (Å²) in [7, 11) is 0.833. The van der Waals surface area contributed by atoms with Crippen LogP contribution in [0.2, 0.25) is 0 Å². The van der Waals surface area contributed by atoms with Crippen LogP contribution in [0.5, 0.6) is 5.75 Å².